The average Bonchev–Trinajstić information content (AvgIpc) is 2.78. The summed E-state index contributed by atoms with van der Waals surface area (Å²) in [5.41, 5.74) is 5.84. The largest absolute Gasteiger partial charge is 0.397 e. The Labute approximate surface area is 131 Å². The zero-order valence-electron chi connectivity index (χ0n) is 10.3. The summed E-state index contributed by atoms with van der Waals surface area (Å²) >= 11 is 13.0. The first-order valence-electron chi connectivity index (χ1n) is 5.67. The van der Waals surface area contributed by atoms with Gasteiger partial charge in [-0.25, -0.2) is 13.1 Å². The molecule has 0 fully saturated rings. The van der Waals surface area contributed by atoms with Gasteiger partial charge in [-0.3, -0.25) is 0 Å². The summed E-state index contributed by atoms with van der Waals surface area (Å²) in [5.74, 6) is 0. The van der Waals surface area contributed by atoms with Gasteiger partial charge in [0.1, 0.15) is 0 Å². The minimum Gasteiger partial charge on any atom is -0.397 e. The van der Waals surface area contributed by atoms with Gasteiger partial charge in [0.2, 0.25) is 10.0 Å². The van der Waals surface area contributed by atoms with E-state index in [0.29, 0.717) is 22.3 Å². The molecule has 0 aliphatic heterocycles. The molecule has 0 amide bonds. The van der Waals surface area contributed by atoms with Gasteiger partial charge in [-0.1, -0.05) is 23.2 Å². The number of hydrogen-bond acceptors (Lipinski definition) is 4. The quantitative estimate of drug-likeness (QED) is 0.813. The first-order valence-corrected chi connectivity index (χ1v) is 8.73. The van der Waals surface area contributed by atoms with E-state index in [9.17, 15) is 8.42 Å². The van der Waals surface area contributed by atoms with Gasteiger partial charge in [0.15, 0.2) is 0 Å². The summed E-state index contributed by atoms with van der Waals surface area (Å²) in [5, 5.41) is 0.331. The summed E-state index contributed by atoms with van der Waals surface area (Å²) < 4.78 is 27.3. The molecule has 0 spiro atoms. The molecule has 108 valence electrons. The highest BCUT2D eigenvalue weighted by Crippen LogP contribution is 2.23. The summed E-state index contributed by atoms with van der Waals surface area (Å²) in [6.45, 7) is 0.293. The molecule has 0 unspecified atom stereocenters. The highest BCUT2D eigenvalue weighted by atomic mass is 35.5. The van der Waals surface area contributed by atoms with Crippen molar-refractivity contribution in [2.45, 2.75) is 11.3 Å². The van der Waals surface area contributed by atoms with Gasteiger partial charge in [0.05, 0.1) is 19.9 Å². The standard InChI is InChI=1S/C12H12Cl2N2O2S2/c13-10-3-2-9(7-11(10)15)20(17,18)16-6-5-8-1-4-12(14)19-8/h1-4,7,16H,5-6,15H2. The molecule has 4 nitrogen and oxygen atoms in total. The Morgan fingerprint density at radius 1 is 1.20 bits per heavy atom. The van der Waals surface area contributed by atoms with Crippen molar-refractivity contribution in [1.82, 2.24) is 4.72 Å². The van der Waals surface area contributed by atoms with Gasteiger partial charge < -0.3 is 5.73 Å². The van der Waals surface area contributed by atoms with Crippen LogP contribution >= 0.6 is 34.5 Å². The summed E-state index contributed by atoms with van der Waals surface area (Å²) in [4.78, 5) is 1.12. The Bertz CT molecular complexity index is 714. The van der Waals surface area contributed by atoms with E-state index in [1.807, 2.05) is 6.07 Å². The number of benzene rings is 1. The fourth-order valence-corrected chi connectivity index (χ4v) is 3.84. The van der Waals surface area contributed by atoms with E-state index in [0.717, 1.165) is 4.88 Å². The average molecular weight is 351 g/mol. The fraction of sp³-hybridized carbons (Fsp3) is 0.167. The van der Waals surface area contributed by atoms with Crippen molar-refractivity contribution in [2.75, 3.05) is 12.3 Å². The third-order valence-electron chi connectivity index (χ3n) is 2.57. The molecule has 0 aliphatic rings. The lowest BCUT2D eigenvalue weighted by Crippen LogP contribution is -2.25. The van der Waals surface area contributed by atoms with Crippen molar-refractivity contribution in [3.63, 3.8) is 0 Å². The molecule has 1 aromatic carbocycles. The summed E-state index contributed by atoms with van der Waals surface area (Å²) in [7, 11) is -3.58. The Balaban J connectivity index is 2.02. The monoisotopic (exact) mass is 350 g/mol. The smallest absolute Gasteiger partial charge is 0.240 e. The van der Waals surface area contributed by atoms with E-state index in [1.54, 1.807) is 6.07 Å². The molecule has 1 heterocycles. The molecule has 2 aromatic rings. The number of hydrogen-bond donors (Lipinski definition) is 2. The van der Waals surface area contributed by atoms with Crippen molar-refractivity contribution < 1.29 is 8.42 Å². The predicted octanol–water partition coefficient (Wildman–Crippen LogP) is 3.16. The number of rotatable bonds is 5. The number of nitrogens with one attached hydrogen (secondary N) is 1. The lowest BCUT2D eigenvalue weighted by atomic mass is 10.3. The van der Waals surface area contributed by atoms with Crippen LogP contribution in [-0.4, -0.2) is 15.0 Å². The second kappa shape index (κ2) is 6.32. The van der Waals surface area contributed by atoms with Crippen LogP contribution in [0, 0.1) is 0 Å². The molecule has 0 aliphatic carbocycles. The number of nitrogen functional groups attached to an aromatic ring is 1. The maximum Gasteiger partial charge on any atom is 0.240 e. The minimum atomic E-state index is -3.58. The Kier molecular flexibility index (Phi) is 4.93. The highest BCUT2D eigenvalue weighted by molar-refractivity contribution is 7.89. The lowest BCUT2D eigenvalue weighted by Gasteiger charge is -2.07. The Morgan fingerprint density at radius 2 is 1.95 bits per heavy atom. The van der Waals surface area contributed by atoms with Gasteiger partial charge in [-0.2, -0.15) is 0 Å². The molecule has 1 aromatic heterocycles. The molecule has 0 saturated carbocycles. The maximum absolute atomic E-state index is 12.1. The van der Waals surface area contributed by atoms with E-state index in [1.165, 1.54) is 29.5 Å². The number of nitrogens with two attached hydrogens (primary N) is 1. The van der Waals surface area contributed by atoms with Crippen LogP contribution in [0.2, 0.25) is 9.36 Å². The van der Waals surface area contributed by atoms with Crippen LogP contribution in [0.5, 0.6) is 0 Å². The van der Waals surface area contributed by atoms with Crippen molar-refractivity contribution in [1.29, 1.82) is 0 Å². The molecular weight excluding hydrogens is 339 g/mol. The molecule has 0 radical (unpaired) electrons. The van der Waals surface area contributed by atoms with Crippen molar-refractivity contribution in [2.24, 2.45) is 0 Å². The van der Waals surface area contributed by atoms with Crippen LogP contribution in [0.25, 0.3) is 0 Å². The van der Waals surface area contributed by atoms with Crippen LogP contribution in [-0.2, 0) is 16.4 Å². The van der Waals surface area contributed by atoms with Crippen molar-refractivity contribution >= 4 is 50.2 Å². The van der Waals surface area contributed by atoms with Crippen molar-refractivity contribution in [3.05, 3.63) is 44.6 Å². The van der Waals surface area contributed by atoms with E-state index >= 15 is 0 Å². The third-order valence-corrected chi connectivity index (χ3v) is 5.66. The predicted molar refractivity (Wildman–Crippen MR) is 84.1 cm³/mol. The number of halogens is 2. The molecule has 3 N–H and O–H groups in total. The van der Waals surface area contributed by atoms with E-state index in [-0.39, 0.29) is 10.6 Å². The molecular formula is C12H12Cl2N2O2S2. The van der Waals surface area contributed by atoms with Crippen LogP contribution in [0.15, 0.2) is 35.2 Å². The van der Waals surface area contributed by atoms with E-state index in [4.69, 9.17) is 28.9 Å². The third kappa shape index (κ3) is 3.86. The molecule has 0 bridgehead atoms. The van der Waals surface area contributed by atoms with Crippen LogP contribution in [0.1, 0.15) is 4.88 Å². The second-order valence-corrected chi connectivity index (χ2v) is 8.01. The van der Waals surface area contributed by atoms with E-state index < -0.39 is 10.0 Å². The van der Waals surface area contributed by atoms with E-state index in [2.05, 4.69) is 4.72 Å². The van der Waals surface area contributed by atoms with Gasteiger partial charge in [-0.05, 0) is 36.8 Å². The normalized spacial score (nSPS) is 11.7. The number of anilines is 1. The maximum atomic E-state index is 12.1. The number of sulfonamides is 1. The summed E-state index contributed by atoms with van der Waals surface area (Å²) in [6, 6.07) is 7.89. The second-order valence-electron chi connectivity index (χ2n) is 4.04. The number of thiophene rings is 1. The molecule has 0 saturated heterocycles. The zero-order valence-corrected chi connectivity index (χ0v) is 13.4. The molecule has 8 heteroatoms. The van der Waals surface area contributed by atoms with Crippen LogP contribution < -0.4 is 10.5 Å². The topological polar surface area (TPSA) is 72.2 Å². The zero-order chi connectivity index (χ0) is 14.8. The molecule has 2 rings (SSSR count). The van der Waals surface area contributed by atoms with Gasteiger partial charge in [0.25, 0.3) is 0 Å². The van der Waals surface area contributed by atoms with Gasteiger partial charge in [-0.15, -0.1) is 11.3 Å². The van der Waals surface area contributed by atoms with Gasteiger partial charge in [0, 0.05) is 11.4 Å². The molecule has 20 heavy (non-hydrogen) atoms. The highest BCUT2D eigenvalue weighted by Gasteiger charge is 2.14. The van der Waals surface area contributed by atoms with Crippen molar-refractivity contribution in [3.8, 4) is 0 Å². The fourth-order valence-electron chi connectivity index (χ4n) is 1.57. The Hall–Kier alpha value is -0.790. The van der Waals surface area contributed by atoms with Crippen LogP contribution in [0.4, 0.5) is 5.69 Å². The van der Waals surface area contributed by atoms with Crippen LogP contribution in [0.3, 0.4) is 0 Å². The SMILES string of the molecule is Nc1cc(S(=O)(=O)NCCc2ccc(Cl)s2)ccc1Cl. The first kappa shape index (κ1) is 15.6. The molecule has 0 atom stereocenters. The lowest BCUT2D eigenvalue weighted by molar-refractivity contribution is 0.582. The summed E-state index contributed by atoms with van der Waals surface area (Å²) in [6.07, 6.45) is 0.583. The minimum absolute atomic E-state index is 0.101. The van der Waals surface area contributed by atoms with Gasteiger partial charge >= 0.3 is 0 Å². The Morgan fingerprint density at radius 3 is 2.55 bits per heavy atom. The first-order chi connectivity index (χ1) is 9.38.